The molecule has 1 heterocycles. The van der Waals surface area contributed by atoms with E-state index in [0.717, 1.165) is 22.2 Å². The van der Waals surface area contributed by atoms with Gasteiger partial charge in [0.1, 0.15) is 6.61 Å². The molecule has 3 rings (SSSR count). The minimum atomic E-state index is -0.390. The van der Waals surface area contributed by atoms with E-state index in [-0.39, 0.29) is 6.61 Å². The molecule has 0 radical (unpaired) electrons. The standard InChI is InChI=1S/C20H17Cl2NO2/c1-3-17-19(12(2)15-6-4-5-7-18(15)23-17)20(24)25-11-13-8-9-14(21)10-16(13)22/h4-10H,3,11H2,1-2H3. The van der Waals surface area contributed by atoms with E-state index in [9.17, 15) is 4.79 Å². The zero-order valence-corrected chi connectivity index (χ0v) is 15.5. The minimum Gasteiger partial charge on any atom is -0.457 e. The third kappa shape index (κ3) is 3.63. The number of ether oxygens (including phenoxy) is 1. The molecule has 0 fully saturated rings. The summed E-state index contributed by atoms with van der Waals surface area (Å²) in [5.74, 6) is -0.390. The summed E-state index contributed by atoms with van der Waals surface area (Å²) in [6, 6.07) is 12.9. The fraction of sp³-hybridized carbons (Fsp3) is 0.200. The van der Waals surface area contributed by atoms with Crippen LogP contribution in [0.25, 0.3) is 10.9 Å². The predicted molar refractivity (Wildman–Crippen MR) is 101 cm³/mol. The second-order valence-corrected chi connectivity index (χ2v) is 6.58. The summed E-state index contributed by atoms with van der Waals surface area (Å²) >= 11 is 12.0. The zero-order valence-electron chi connectivity index (χ0n) is 14.0. The summed E-state index contributed by atoms with van der Waals surface area (Å²) in [4.78, 5) is 17.3. The largest absolute Gasteiger partial charge is 0.457 e. The average Bonchev–Trinajstić information content (AvgIpc) is 2.60. The number of halogens is 2. The molecule has 3 aromatic rings. The summed E-state index contributed by atoms with van der Waals surface area (Å²) in [7, 11) is 0. The molecule has 0 saturated carbocycles. The van der Waals surface area contributed by atoms with Crippen LogP contribution in [0.15, 0.2) is 42.5 Å². The van der Waals surface area contributed by atoms with Gasteiger partial charge in [0.05, 0.1) is 16.8 Å². The fourth-order valence-electron chi connectivity index (χ4n) is 2.82. The summed E-state index contributed by atoms with van der Waals surface area (Å²) < 4.78 is 5.50. The predicted octanol–water partition coefficient (Wildman–Crippen LogP) is 5.77. The van der Waals surface area contributed by atoms with Crippen molar-refractivity contribution in [3.05, 3.63) is 74.9 Å². The molecular formula is C20H17Cl2NO2. The van der Waals surface area contributed by atoms with Crippen LogP contribution >= 0.6 is 23.2 Å². The van der Waals surface area contributed by atoms with Crippen LogP contribution in [0, 0.1) is 6.92 Å². The summed E-state index contributed by atoms with van der Waals surface area (Å²) in [6.45, 7) is 3.99. The van der Waals surface area contributed by atoms with Crippen molar-refractivity contribution in [2.24, 2.45) is 0 Å². The second-order valence-electron chi connectivity index (χ2n) is 5.74. The summed E-state index contributed by atoms with van der Waals surface area (Å²) in [6.07, 6.45) is 0.651. The molecule has 0 unspecified atom stereocenters. The summed E-state index contributed by atoms with van der Waals surface area (Å²) in [5, 5.41) is 1.98. The number of esters is 1. The van der Waals surface area contributed by atoms with Crippen LogP contribution in [-0.2, 0) is 17.8 Å². The van der Waals surface area contributed by atoms with Crippen molar-refractivity contribution in [3.63, 3.8) is 0 Å². The lowest BCUT2D eigenvalue weighted by Gasteiger charge is -2.14. The lowest BCUT2D eigenvalue weighted by atomic mass is 10.0. The monoisotopic (exact) mass is 373 g/mol. The molecule has 25 heavy (non-hydrogen) atoms. The number of aromatic nitrogens is 1. The van der Waals surface area contributed by atoms with Gasteiger partial charge in [-0.3, -0.25) is 4.98 Å². The van der Waals surface area contributed by atoms with Crippen LogP contribution in [-0.4, -0.2) is 11.0 Å². The van der Waals surface area contributed by atoms with E-state index in [4.69, 9.17) is 27.9 Å². The Hall–Kier alpha value is -2.10. The average molecular weight is 374 g/mol. The third-order valence-corrected chi connectivity index (χ3v) is 4.73. The fourth-order valence-corrected chi connectivity index (χ4v) is 3.28. The van der Waals surface area contributed by atoms with Crippen LogP contribution in [0.5, 0.6) is 0 Å². The first-order chi connectivity index (χ1) is 12.0. The number of hydrogen-bond donors (Lipinski definition) is 0. The van der Waals surface area contributed by atoms with Gasteiger partial charge in [-0.05, 0) is 37.1 Å². The van der Waals surface area contributed by atoms with E-state index >= 15 is 0 Å². The van der Waals surface area contributed by atoms with E-state index in [1.807, 2.05) is 38.1 Å². The van der Waals surface area contributed by atoms with Gasteiger partial charge in [0.15, 0.2) is 0 Å². The Bertz CT molecular complexity index is 954. The molecule has 1 aromatic heterocycles. The van der Waals surface area contributed by atoms with Gasteiger partial charge in [0, 0.05) is 21.0 Å². The van der Waals surface area contributed by atoms with E-state index in [1.165, 1.54) is 0 Å². The highest BCUT2D eigenvalue weighted by Gasteiger charge is 2.19. The number of para-hydroxylation sites is 1. The van der Waals surface area contributed by atoms with Gasteiger partial charge < -0.3 is 4.74 Å². The van der Waals surface area contributed by atoms with Gasteiger partial charge in [-0.15, -0.1) is 0 Å². The molecule has 3 nitrogen and oxygen atoms in total. The second kappa shape index (κ2) is 7.42. The molecule has 0 N–H and O–H groups in total. The Morgan fingerprint density at radius 2 is 1.92 bits per heavy atom. The van der Waals surface area contributed by atoms with E-state index in [2.05, 4.69) is 4.98 Å². The maximum Gasteiger partial charge on any atom is 0.340 e. The topological polar surface area (TPSA) is 39.2 Å². The van der Waals surface area contributed by atoms with Crippen molar-refractivity contribution >= 4 is 40.1 Å². The van der Waals surface area contributed by atoms with Crippen molar-refractivity contribution in [1.29, 1.82) is 0 Å². The molecule has 128 valence electrons. The normalized spacial score (nSPS) is 10.9. The first kappa shape index (κ1) is 17.7. The number of benzene rings is 2. The zero-order chi connectivity index (χ0) is 18.0. The lowest BCUT2D eigenvalue weighted by molar-refractivity contribution is 0.0470. The molecule has 0 aliphatic heterocycles. The van der Waals surface area contributed by atoms with Crippen LogP contribution in [0.4, 0.5) is 0 Å². The van der Waals surface area contributed by atoms with Gasteiger partial charge in [-0.1, -0.05) is 54.4 Å². The first-order valence-electron chi connectivity index (χ1n) is 8.00. The van der Waals surface area contributed by atoms with Gasteiger partial charge in [0.2, 0.25) is 0 Å². The number of carbonyl (C=O) groups is 1. The SMILES string of the molecule is CCc1nc2ccccc2c(C)c1C(=O)OCc1ccc(Cl)cc1Cl. The van der Waals surface area contributed by atoms with Crippen molar-refractivity contribution in [3.8, 4) is 0 Å². The Kier molecular flexibility index (Phi) is 5.26. The Balaban J connectivity index is 1.92. The number of fused-ring (bicyclic) bond motifs is 1. The Labute approximate surface area is 156 Å². The molecule has 0 amide bonds. The number of aryl methyl sites for hydroxylation is 2. The van der Waals surface area contributed by atoms with Gasteiger partial charge >= 0.3 is 5.97 Å². The van der Waals surface area contributed by atoms with Crippen molar-refractivity contribution in [2.45, 2.75) is 26.9 Å². The van der Waals surface area contributed by atoms with E-state index in [1.54, 1.807) is 18.2 Å². The Morgan fingerprint density at radius 1 is 1.16 bits per heavy atom. The van der Waals surface area contributed by atoms with Crippen LogP contribution in [0.1, 0.15) is 34.1 Å². The van der Waals surface area contributed by atoms with E-state index in [0.29, 0.717) is 27.6 Å². The van der Waals surface area contributed by atoms with Crippen molar-refractivity contribution in [1.82, 2.24) is 4.98 Å². The molecule has 0 atom stereocenters. The summed E-state index contributed by atoms with van der Waals surface area (Å²) in [5.41, 5.74) is 3.75. The number of pyridine rings is 1. The maximum atomic E-state index is 12.7. The lowest BCUT2D eigenvalue weighted by Crippen LogP contribution is -2.12. The van der Waals surface area contributed by atoms with Crippen molar-refractivity contribution < 1.29 is 9.53 Å². The van der Waals surface area contributed by atoms with Crippen molar-refractivity contribution in [2.75, 3.05) is 0 Å². The highest BCUT2D eigenvalue weighted by atomic mass is 35.5. The van der Waals surface area contributed by atoms with Gasteiger partial charge in [-0.25, -0.2) is 4.79 Å². The molecule has 0 saturated heterocycles. The third-order valence-electron chi connectivity index (χ3n) is 4.14. The molecule has 5 heteroatoms. The van der Waals surface area contributed by atoms with Crippen LogP contribution in [0.3, 0.4) is 0 Å². The molecule has 0 spiro atoms. The number of nitrogens with zero attached hydrogens (tertiary/aromatic N) is 1. The van der Waals surface area contributed by atoms with Crippen LogP contribution < -0.4 is 0 Å². The van der Waals surface area contributed by atoms with Gasteiger partial charge in [-0.2, -0.15) is 0 Å². The van der Waals surface area contributed by atoms with Gasteiger partial charge in [0.25, 0.3) is 0 Å². The van der Waals surface area contributed by atoms with Crippen LogP contribution in [0.2, 0.25) is 10.0 Å². The number of rotatable bonds is 4. The first-order valence-corrected chi connectivity index (χ1v) is 8.76. The molecule has 0 aliphatic carbocycles. The highest BCUT2D eigenvalue weighted by molar-refractivity contribution is 6.35. The highest BCUT2D eigenvalue weighted by Crippen LogP contribution is 2.26. The minimum absolute atomic E-state index is 0.0876. The number of carbonyl (C=O) groups excluding carboxylic acids is 1. The quantitative estimate of drug-likeness (QED) is 0.544. The molecular weight excluding hydrogens is 357 g/mol. The molecule has 2 aromatic carbocycles. The maximum absolute atomic E-state index is 12.7. The Morgan fingerprint density at radius 3 is 2.64 bits per heavy atom. The molecule has 0 bridgehead atoms. The molecule has 0 aliphatic rings. The number of hydrogen-bond acceptors (Lipinski definition) is 3. The van der Waals surface area contributed by atoms with E-state index < -0.39 is 5.97 Å². The smallest absolute Gasteiger partial charge is 0.340 e.